The molecule has 0 amide bonds. The highest BCUT2D eigenvalue weighted by atomic mass is 35.5. The zero-order valence-corrected chi connectivity index (χ0v) is 10.9. The number of halogens is 1. The van der Waals surface area contributed by atoms with E-state index >= 15 is 0 Å². The standard InChI is InChI=1S/C11H12ClN3OS/c1-2-16-11-8(4-3-5-13-11)14-7-10-15-6-9(12)17-10/h3-6,14H,2,7H2,1H3. The Morgan fingerprint density at radius 3 is 3.06 bits per heavy atom. The van der Waals surface area contributed by atoms with Crippen LogP contribution in [0.25, 0.3) is 0 Å². The molecule has 4 nitrogen and oxygen atoms in total. The molecule has 0 aromatic carbocycles. The number of nitrogens with one attached hydrogen (secondary N) is 1. The van der Waals surface area contributed by atoms with Gasteiger partial charge in [0.25, 0.3) is 0 Å². The summed E-state index contributed by atoms with van der Waals surface area (Å²) < 4.78 is 6.11. The van der Waals surface area contributed by atoms with E-state index in [4.69, 9.17) is 16.3 Å². The van der Waals surface area contributed by atoms with Crippen LogP contribution in [-0.4, -0.2) is 16.6 Å². The number of aromatic nitrogens is 2. The first-order chi connectivity index (χ1) is 8.29. The molecule has 17 heavy (non-hydrogen) atoms. The van der Waals surface area contributed by atoms with Crippen LogP contribution in [0.4, 0.5) is 5.69 Å². The molecule has 0 saturated carbocycles. The van der Waals surface area contributed by atoms with E-state index in [-0.39, 0.29) is 0 Å². The van der Waals surface area contributed by atoms with Crippen LogP contribution in [-0.2, 0) is 6.54 Å². The number of hydrogen-bond acceptors (Lipinski definition) is 5. The Morgan fingerprint density at radius 2 is 2.35 bits per heavy atom. The van der Waals surface area contributed by atoms with Gasteiger partial charge in [0, 0.05) is 6.20 Å². The average Bonchev–Trinajstić information content (AvgIpc) is 2.74. The number of pyridine rings is 1. The molecule has 0 fully saturated rings. The molecule has 0 bridgehead atoms. The number of anilines is 1. The van der Waals surface area contributed by atoms with E-state index in [1.54, 1.807) is 12.4 Å². The normalized spacial score (nSPS) is 10.2. The fourth-order valence-electron chi connectivity index (χ4n) is 1.32. The highest BCUT2D eigenvalue weighted by molar-refractivity contribution is 7.15. The molecule has 2 heterocycles. The van der Waals surface area contributed by atoms with Crippen LogP contribution < -0.4 is 10.1 Å². The van der Waals surface area contributed by atoms with Crippen molar-refractivity contribution >= 4 is 28.6 Å². The minimum atomic E-state index is 0.592. The van der Waals surface area contributed by atoms with Gasteiger partial charge < -0.3 is 10.1 Å². The third kappa shape index (κ3) is 3.31. The molecule has 0 spiro atoms. The highest BCUT2D eigenvalue weighted by Crippen LogP contribution is 2.23. The van der Waals surface area contributed by atoms with Crippen LogP contribution >= 0.6 is 22.9 Å². The smallest absolute Gasteiger partial charge is 0.237 e. The summed E-state index contributed by atoms with van der Waals surface area (Å²) in [4.78, 5) is 8.33. The van der Waals surface area contributed by atoms with E-state index < -0.39 is 0 Å². The van der Waals surface area contributed by atoms with Crippen LogP contribution in [0.3, 0.4) is 0 Å². The Balaban J connectivity index is 2.03. The second-order valence-corrected chi connectivity index (χ2v) is 4.95. The highest BCUT2D eigenvalue weighted by Gasteiger charge is 2.05. The molecule has 0 aliphatic carbocycles. The summed E-state index contributed by atoms with van der Waals surface area (Å²) in [7, 11) is 0. The molecule has 1 N–H and O–H groups in total. The predicted octanol–water partition coefficient (Wildman–Crippen LogP) is 3.20. The molecule has 2 aromatic rings. The maximum absolute atomic E-state index is 5.81. The van der Waals surface area contributed by atoms with Gasteiger partial charge in [-0.1, -0.05) is 11.6 Å². The molecule has 6 heteroatoms. The van der Waals surface area contributed by atoms with Crippen LogP contribution in [0.2, 0.25) is 4.34 Å². The molecule has 0 aliphatic rings. The minimum Gasteiger partial charge on any atom is -0.476 e. The lowest BCUT2D eigenvalue weighted by Gasteiger charge is -2.09. The number of thiazole rings is 1. The Bertz CT molecular complexity index is 489. The van der Waals surface area contributed by atoms with Crippen molar-refractivity contribution in [2.24, 2.45) is 0 Å². The predicted molar refractivity (Wildman–Crippen MR) is 69.9 cm³/mol. The summed E-state index contributed by atoms with van der Waals surface area (Å²) in [5.41, 5.74) is 0.862. The van der Waals surface area contributed by atoms with Gasteiger partial charge in [-0.05, 0) is 19.1 Å². The van der Waals surface area contributed by atoms with E-state index in [2.05, 4.69) is 15.3 Å². The van der Waals surface area contributed by atoms with E-state index in [1.807, 2.05) is 19.1 Å². The molecule has 2 rings (SSSR count). The molecule has 0 atom stereocenters. The first-order valence-electron chi connectivity index (χ1n) is 5.21. The van der Waals surface area contributed by atoms with Crippen molar-refractivity contribution in [2.45, 2.75) is 13.5 Å². The summed E-state index contributed by atoms with van der Waals surface area (Å²) in [6, 6.07) is 3.78. The zero-order valence-electron chi connectivity index (χ0n) is 9.31. The van der Waals surface area contributed by atoms with Crippen molar-refractivity contribution in [1.29, 1.82) is 0 Å². The summed E-state index contributed by atoms with van der Waals surface area (Å²) in [5.74, 6) is 0.609. The molecule has 0 aliphatic heterocycles. The molecule has 90 valence electrons. The maximum Gasteiger partial charge on any atom is 0.237 e. The summed E-state index contributed by atoms with van der Waals surface area (Å²) in [5, 5.41) is 4.16. The summed E-state index contributed by atoms with van der Waals surface area (Å²) in [6.45, 7) is 3.14. The second kappa shape index (κ2) is 5.84. The van der Waals surface area contributed by atoms with Crippen molar-refractivity contribution < 1.29 is 4.74 Å². The van der Waals surface area contributed by atoms with Crippen LogP contribution in [0.15, 0.2) is 24.5 Å². The summed E-state index contributed by atoms with van der Waals surface area (Å²) >= 11 is 7.27. The van der Waals surface area contributed by atoms with Gasteiger partial charge in [0.1, 0.15) is 9.34 Å². The third-order valence-electron chi connectivity index (χ3n) is 2.01. The lowest BCUT2D eigenvalue weighted by Crippen LogP contribution is -2.03. The van der Waals surface area contributed by atoms with E-state index in [9.17, 15) is 0 Å². The fourth-order valence-corrected chi connectivity index (χ4v) is 2.21. The Labute approximate surface area is 109 Å². The monoisotopic (exact) mass is 269 g/mol. The maximum atomic E-state index is 5.81. The summed E-state index contributed by atoms with van der Waals surface area (Å²) in [6.07, 6.45) is 3.35. The largest absolute Gasteiger partial charge is 0.476 e. The third-order valence-corrected chi connectivity index (χ3v) is 3.12. The lowest BCUT2D eigenvalue weighted by molar-refractivity contribution is 0.328. The van der Waals surface area contributed by atoms with Crippen molar-refractivity contribution in [3.05, 3.63) is 33.9 Å². The molecule has 2 aromatic heterocycles. The second-order valence-electron chi connectivity index (χ2n) is 3.20. The Kier molecular flexibility index (Phi) is 4.17. The van der Waals surface area contributed by atoms with E-state index in [0.29, 0.717) is 23.4 Å². The van der Waals surface area contributed by atoms with Gasteiger partial charge in [0.2, 0.25) is 5.88 Å². The number of ether oxygens (including phenoxy) is 1. The van der Waals surface area contributed by atoms with Crippen LogP contribution in [0.5, 0.6) is 5.88 Å². The molecular weight excluding hydrogens is 258 g/mol. The minimum absolute atomic E-state index is 0.592. The van der Waals surface area contributed by atoms with Gasteiger partial charge in [-0.15, -0.1) is 11.3 Å². The molecule has 0 unspecified atom stereocenters. The quantitative estimate of drug-likeness (QED) is 0.905. The first-order valence-corrected chi connectivity index (χ1v) is 6.41. The SMILES string of the molecule is CCOc1ncccc1NCc1ncc(Cl)s1. The topological polar surface area (TPSA) is 47.0 Å². The van der Waals surface area contributed by atoms with Gasteiger partial charge in [0.15, 0.2) is 0 Å². The average molecular weight is 270 g/mol. The van der Waals surface area contributed by atoms with Crippen molar-refractivity contribution in [3.63, 3.8) is 0 Å². The molecule has 0 saturated heterocycles. The molecular formula is C11H12ClN3OS. The van der Waals surface area contributed by atoms with Crippen LogP contribution in [0.1, 0.15) is 11.9 Å². The number of hydrogen-bond donors (Lipinski definition) is 1. The first kappa shape index (κ1) is 12.1. The Hall–Kier alpha value is -1.33. The van der Waals surface area contributed by atoms with Gasteiger partial charge in [-0.2, -0.15) is 0 Å². The van der Waals surface area contributed by atoms with E-state index in [1.165, 1.54) is 11.3 Å². The van der Waals surface area contributed by atoms with Gasteiger partial charge >= 0.3 is 0 Å². The van der Waals surface area contributed by atoms with Gasteiger partial charge in [-0.3, -0.25) is 0 Å². The van der Waals surface area contributed by atoms with Gasteiger partial charge in [0.05, 0.1) is 25.0 Å². The number of nitrogens with zero attached hydrogens (tertiary/aromatic N) is 2. The van der Waals surface area contributed by atoms with Crippen LogP contribution in [0, 0.1) is 0 Å². The van der Waals surface area contributed by atoms with Gasteiger partial charge in [-0.25, -0.2) is 9.97 Å². The fraction of sp³-hybridized carbons (Fsp3) is 0.273. The zero-order chi connectivity index (χ0) is 12.1. The lowest BCUT2D eigenvalue weighted by atomic mass is 10.4. The van der Waals surface area contributed by atoms with Crippen molar-refractivity contribution in [2.75, 3.05) is 11.9 Å². The van der Waals surface area contributed by atoms with Crippen molar-refractivity contribution in [1.82, 2.24) is 9.97 Å². The molecule has 0 radical (unpaired) electrons. The Morgan fingerprint density at radius 1 is 1.47 bits per heavy atom. The van der Waals surface area contributed by atoms with E-state index in [0.717, 1.165) is 10.7 Å². The van der Waals surface area contributed by atoms with Crippen molar-refractivity contribution in [3.8, 4) is 5.88 Å². The number of rotatable bonds is 5.